The van der Waals surface area contributed by atoms with Gasteiger partial charge in [-0.15, -0.1) is 0 Å². The molecule has 0 rings (SSSR count). The molecule has 2 heteroatoms. The molecule has 170 valence electrons. The third kappa shape index (κ3) is 19.5. The molecular formula is C26H55OP. The highest BCUT2D eigenvalue weighted by Crippen LogP contribution is 2.48. The zero-order valence-corrected chi connectivity index (χ0v) is 21.0. The van der Waals surface area contributed by atoms with E-state index in [-0.39, 0.29) is 0 Å². The van der Waals surface area contributed by atoms with Crippen molar-refractivity contribution in [3.05, 3.63) is 0 Å². The van der Waals surface area contributed by atoms with E-state index in [2.05, 4.69) is 20.8 Å². The van der Waals surface area contributed by atoms with Crippen LogP contribution in [0.3, 0.4) is 0 Å². The summed E-state index contributed by atoms with van der Waals surface area (Å²) in [5.41, 5.74) is 0. The van der Waals surface area contributed by atoms with E-state index < -0.39 is 7.14 Å². The van der Waals surface area contributed by atoms with E-state index in [0.29, 0.717) is 0 Å². The van der Waals surface area contributed by atoms with Gasteiger partial charge in [0.15, 0.2) is 0 Å². The summed E-state index contributed by atoms with van der Waals surface area (Å²) in [7, 11) is -1.89. The van der Waals surface area contributed by atoms with E-state index in [4.69, 9.17) is 0 Å². The smallest absolute Gasteiger partial charge is 0.0877 e. The van der Waals surface area contributed by atoms with Crippen molar-refractivity contribution in [3.8, 4) is 0 Å². The topological polar surface area (TPSA) is 17.1 Å². The summed E-state index contributed by atoms with van der Waals surface area (Å²) >= 11 is 0. The SMILES string of the molecule is CCCCCCCCCCP(=O)(CCCCCC)CCCCCCCCCC. The predicted molar refractivity (Wildman–Crippen MR) is 132 cm³/mol. The molecule has 0 aromatic heterocycles. The summed E-state index contributed by atoms with van der Waals surface area (Å²) < 4.78 is 13.5. The average molecular weight is 415 g/mol. The molecule has 0 heterocycles. The van der Waals surface area contributed by atoms with Crippen molar-refractivity contribution in [2.24, 2.45) is 0 Å². The van der Waals surface area contributed by atoms with Crippen LogP contribution in [0.1, 0.15) is 149 Å². The van der Waals surface area contributed by atoms with Crippen molar-refractivity contribution in [1.29, 1.82) is 0 Å². The lowest BCUT2D eigenvalue weighted by molar-refractivity contribution is 0.552. The third-order valence-electron chi connectivity index (χ3n) is 6.26. The van der Waals surface area contributed by atoms with Crippen LogP contribution in [0, 0.1) is 0 Å². The molecule has 0 aliphatic rings. The lowest BCUT2D eigenvalue weighted by Gasteiger charge is -2.18. The zero-order valence-electron chi connectivity index (χ0n) is 20.1. The fraction of sp³-hybridized carbons (Fsp3) is 1.00. The minimum absolute atomic E-state index is 1.04. The third-order valence-corrected chi connectivity index (χ3v) is 9.65. The molecule has 0 aromatic rings. The van der Waals surface area contributed by atoms with Crippen LogP contribution in [0.2, 0.25) is 0 Å². The Kier molecular flexibility index (Phi) is 22.1. The number of rotatable bonds is 23. The van der Waals surface area contributed by atoms with Crippen LogP contribution in [-0.4, -0.2) is 18.5 Å². The minimum Gasteiger partial charge on any atom is -0.324 e. The Labute approximate surface area is 179 Å². The predicted octanol–water partition coefficient (Wildman–Crippen LogP) is 10.2. The summed E-state index contributed by atoms with van der Waals surface area (Å²) in [6.45, 7) is 6.83. The van der Waals surface area contributed by atoms with Gasteiger partial charge in [-0.2, -0.15) is 0 Å². The fourth-order valence-electron chi connectivity index (χ4n) is 4.23. The Bertz CT molecular complexity index is 315. The summed E-state index contributed by atoms with van der Waals surface area (Å²) in [5, 5.41) is 0. The fourth-order valence-corrected chi connectivity index (χ4v) is 7.30. The van der Waals surface area contributed by atoms with Crippen LogP contribution in [0.25, 0.3) is 0 Å². The van der Waals surface area contributed by atoms with Crippen molar-refractivity contribution in [2.45, 2.75) is 149 Å². The first-order chi connectivity index (χ1) is 13.7. The molecule has 0 saturated carbocycles. The molecule has 0 spiro atoms. The Morgan fingerprint density at radius 3 is 0.857 bits per heavy atom. The lowest BCUT2D eigenvalue weighted by Crippen LogP contribution is -2.02. The summed E-state index contributed by atoms with van der Waals surface area (Å²) in [6.07, 6.45) is 29.8. The zero-order chi connectivity index (χ0) is 20.8. The molecule has 0 amide bonds. The second kappa shape index (κ2) is 21.9. The molecule has 0 aliphatic carbocycles. The van der Waals surface area contributed by atoms with Gasteiger partial charge in [0.05, 0.1) is 7.14 Å². The maximum atomic E-state index is 13.5. The molecule has 0 radical (unpaired) electrons. The molecule has 0 bridgehead atoms. The lowest BCUT2D eigenvalue weighted by atomic mass is 10.1. The van der Waals surface area contributed by atoms with Gasteiger partial charge in [-0.3, -0.25) is 0 Å². The number of unbranched alkanes of at least 4 members (excludes halogenated alkanes) is 17. The van der Waals surface area contributed by atoms with Crippen LogP contribution in [0.15, 0.2) is 0 Å². The summed E-state index contributed by atoms with van der Waals surface area (Å²) in [4.78, 5) is 0. The van der Waals surface area contributed by atoms with Gasteiger partial charge in [-0.25, -0.2) is 0 Å². The van der Waals surface area contributed by atoms with Crippen molar-refractivity contribution < 1.29 is 4.57 Å². The van der Waals surface area contributed by atoms with Crippen molar-refractivity contribution in [2.75, 3.05) is 18.5 Å². The van der Waals surface area contributed by atoms with Gasteiger partial charge in [-0.05, 0) is 19.3 Å². The number of hydrogen-bond acceptors (Lipinski definition) is 1. The highest BCUT2D eigenvalue weighted by molar-refractivity contribution is 7.63. The van der Waals surface area contributed by atoms with Crippen molar-refractivity contribution >= 4 is 7.14 Å². The molecule has 0 aliphatic heterocycles. The van der Waals surface area contributed by atoms with Crippen molar-refractivity contribution in [1.82, 2.24) is 0 Å². The van der Waals surface area contributed by atoms with Crippen LogP contribution in [-0.2, 0) is 4.57 Å². The van der Waals surface area contributed by atoms with E-state index >= 15 is 0 Å². The molecule has 0 fully saturated rings. The van der Waals surface area contributed by atoms with Gasteiger partial charge in [-0.1, -0.05) is 130 Å². The van der Waals surface area contributed by atoms with Crippen LogP contribution in [0.4, 0.5) is 0 Å². The van der Waals surface area contributed by atoms with E-state index in [1.54, 1.807) is 0 Å². The molecule has 0 unspecified atom stereocenters. The van der Waals surface area contributed by atoms with Gasteiger partial charge in [0.25, 0.3) is 0 Å². The maximum Gasteiger partial charge on any atom is 0.0877 e. The molecule has 1 nitrogen and oxygen atoms in total. The maximum absolute atomic E-state index is 13.5. The van der Waals surface area contributed by atoms with Gasteiger partial charge >= 0.3 is 0 Å². The molecule has 0 N–H and O–H groups in total. The van der Waals surface area contributed by atoms with Gasteiger partial charge < -0.3 is 4.57 Å². The Morgan fingerprint density at radius 2 is 0.571 bits per heavy atom. The normalized spacial score (nSPS) is 12.0. The molecule has 0 atom stereocenters. The van der Waals surface area contributed by atoms with Crippen LogP contribution >= 0.6 is 7.14 Å². The average Bonchev–Trinajstić information content (AvgIpc) is 2.69. The first-order valence-corrected chi connectivity index (χ1v) is 15.5. The first kappa shape index (κ1) is 28.2. The van der Waals surface area contributed by atoms with Gasteiger partial charge in [0.2, 0.25) is 0 Å². The van der Waals surface area contributed by atoms with Gasteiger partial charge in [0, 0.05) is 18.5 Å². The number of hydrogen-bond donors (Lipinski definition) is 0. The Balaban J connectivity index is 3.96. The van der Waals surface area contributed by atoms with Gasteiger partial charge in [0.1, 0.15) is 0 Å². The van der Waals surface area contributed by atoms with Crippen LogP contribution < -0.4 is 0 Å². The largest absolute Gasteiger partial charge is 0.324 e. The quantitative estimate of drug-likeness (QED) is 0.120. The highest BCUT2D eigenvalue weighted by atomic mass is 31.2. The summed E-state index contributed by atoms with van der Waals surface area (Å²) in [6, 6.07) is 0. The van der Waals surface area contributed by atoms with Crippen molar-refractivity contribution in [3.63, 3.8) is 0 Å². The first-order valence-electron chi connectivity index (χ1n) is 13.3. The second-order valence-corrected chi connectivity index (χ2v) is 12.7. The Morgan fingerprint density at radius 1 is 0.357 bits per heavy atom. The second-order valence-electron chi connectivity index (χ2n) is 9.24. The van der Waals surface area contributed by atoms with E-state index in [1.807, 2.05) is 0 Å². The molecule has 28 heavy (non-hydrogen) atoms. The van der Waals surface area contributed by atoms with E-state index in [1.165, 1.54) is 128 Å². The standard InChI is InChI=1S/C26H55OP/c1-4-7-10-13-15-17-19-22-25-28(27,24-21-12-9-6-3)26-23-20-18-16-14-11-8-5-2/h4-26H2,1-3H3. The van der Waals surface area contributed by atoms with E-state index in [9.17, 15) is 4.57 Å². The van der Waals surface area contributed by atoms with E-state index in [0.717, 1.165) is 18.5 Å². The minimum atomic E-state index is -1.89. The summed E-state index contributed by atoms with van der Waals surface area (Å²) in [5.74, 6) is 0. The highest BCUT2D eigenvalue weighted by Gasteiger charge is 2.20. The molecule has 0 saturated heterocycles. The van der Waals surface area contributed by atoms with Crippen LogP contribution in [0.5, 0.6) is 0 Å². The Hall–Kier alpha value is 0.230. The monoisotopic (exact) mass is 414 g/mol. The molecular weight excluding hydrogens is 359 g/mol. The molecule has 0 aromatic carbocycles.